The summed E-state index contributed by atoms with van der Waals surface area (Å²) in [7, 11) is -2.09. The number of methoxy groups -OCH3 is 1. The number of benzene rings is 1. The summed E-state index contributed by atoms with van der Waals surface area (Å²) in [6.45, 7) is 2.03. The molecule has 2 aromatic rings. The van der Waals surface area contributed by atoms with Gasteiger partial charge in [0.2, 0.25) is 10.0 Å². The van der Waals surface area contributed by atoms with Crippen LogP contribution < -0.4 is 4.72 Å². The molecule has 1 N–H and O–H groups in total. The molecule has 1 aromatic carbocycles. The Kier molecular flexibility index (Phi) is 4.42. The van der Waals surface area contributed by atoms with Crippen molar-refractivity contribution in [3.63, 3.8) is 0 Å². The fourth-order valence-corrected chi connectivity index (χ4v) is 2.96. The van der Waals surface area contributed by atoms with E-state index >= 15 is 0 Å². The van der Waals surface area contributed by atoms with Gasteiger partial charge in [0.1, 0.15) is 6.33 Å². The predicted molar refractivity (Wildman–Crippen MR) is 70.8 cm³/mol. The highest BCUT2D eigenvalue weighted by molar-refractivity contribution is 7.89. The van der Waals surface area contributed by atoms with Crippen molar-refractivity contribution in [1.82, 2.24) is 24.9 Å². The van der Waals surface area contributed by atoms with Gasteiger partial charge in [0.05, 0.1) is 17.2 Å². The van der Waals surface area contributed by atoms with Crippen molar-refractivity contribution in [1.29, 1.82) is 0 Å². The quantitative estimate of drug-likeness (QED) is 0.804. The van der Waals surface area contributed by atoms with E-state index in [1.807, 2.05) is 0 Å². The average molecular weight is 297 g/mol. The molecule has 1 heterocycles. The van der Waals surface area contributed by atoms with Crippen LogP contribution in [0.5, 0.6) is 0 Å². The molecule has 0 fully saturated rings. The summed E-state index contributed by atoms with van der Waals surface area (Å²) >= 11 is 0. The predicted octanol–water partition coefficient (Wildman–Crippen LogP) is -0.0245. The Balaban J connectivity index is 2.26. The molecule has 0 spiro atoms. The van der Waals surface area contributed by atoms with E-state index in [-0.39, 0.29) is 10.9 Å². The van der Waals surface area contributed by atoms with E-state index < -0.39 is 10.0 Å². The summed E-state index contributed by atoms with van der Waals surface area (Å²) in [5, 5.41) is 10.7. The highest BCUT2D eigenvalue weighted by atomic mass is 32.2. The van der Waals surface area contributed by atoms with E-state index in [2.05, 4.69) is 20.2 Å². The minimum atomic E-state index is -3.61. The second-order valence-electron chi connectivity index (χ2n) is 4.23. The Hall–Kier alpha value is -1.84. The van der Waals surface area contributed by atoms with Crippen LogP contribution in [0.2, 0.25) is 0 Å². The lowest BCUT2D eigenvalue weighted by molar-refractivity contribution is 0.180. The van der Waals surface area contributed by atoms with Crippen molar-refractivity contribution in [2.75, 3.05) is 13.7 Å². The Morgan fingerprint density at radius 1 is 1.45 bits per heavy atom. The van der Waals surface area contributed by atoms with Crippen LogP contribution in [0, 0.1) is 0 Å². The summed E-state index contributed by atoms with van der Waals surface area (Å²) in [4.78, 5) is 0.147. The number of rotatable bonds is 6. The first-order chi connectivity index (χ1) is 9.53. The lowest BCUT2D eigenvalue weighted by Crippen LogP contribution is -2.35. The van der Waals surface area contributed by atoms with E-state index in [0.717, 1.165) is 0 Å². The summed E-state index contributed by atoms with van der Waals surface area (Å²) in [6.07, 6.45) is 1.40. The van der Waals surface area contributed by atoms with Crippen molar-refractivity contribution in [3.8, 4) is 5.69 Å². The molecule has 2 rings (SSSR count). The number of hydrogen-bond donors (Lipinski definition) is 1. The largest absolute Gasteiger partial charge is 0.383 e. The van der Waals surface area contributed by atoms with Gasteiger partial charge >= 0.3 is 0 Å². The van der Waals surface area contributed by atoms with E-state index in [1.165, 1.54) is 30.3 Å². The van der Waals surface area contributed by atoms with Crippen LogP contribution >= 0.6 is 0 Å². The molecule has 1 atom stereocenters. The Labute approximate surface area is 116 Å². The fraction of sp³-hybridized carbons (Fsp3) is 0.364. The van der Waals surface area contributed by atoms with Gasteiger partial charge in [0.15, 0.2) is 0 Å². The minimum Gasteiger partial charge on any atom is -0.383 e. The molecule has 108 valence electrons. The maximum absolute atomic E-state index is 12.2. The number of nitrogens with zero attached hydrogens (tertiary/aromatic N) is 4. The number of ether oxygens (including phenoxy) is 1. The monoisotopic (exact) mass is 297 g/mol. The summed E-state index contributed by atoms with van der Waals surface area (Å²) in [6, 6.07) is 6.04. The van der Waals surface area contributed by atoms with Gasteiger partial charge in [-0.1, -0.05) is 6.07 Å². The molecule has 0 unspecified atom stereocenters. The smallest absolute Gasteiger partial charge is 0.240 e. The maximum Gasteiger partial charge on any atom is 0.240 e. The zero-order chi connectivity index (χ0) is 14.6. The standard InChI is InChI=1S/C11H15N5O3S/c1-9(7-19-2)13-20(17,18)11-5-3-4-10(6-11)16-8-12-14-15-16/h3-6,8-9,13H,7H2,1-2H3/t9-/m1/s1. The van der Waals surface area contributed by atoms with Crippen molar-refractivity contribution in [3.05, 3.63) is 30.6 Å². The van der Waals surface area contributed by atoms with E-state index in [0.29, 0.717) is 12.3 Å². The van der Waals surface area contributed by atoms with E-state index in [9.17, 15) is 8.42 Å². The van der Waals surface area contributed by atoms with Crippen LogP contribution in [-0.2, 0) is 14.8 Å². The minimum absolute atomic E-state index is 0.147. The maximum atomic E-state index is 12.2. The average Bonchev–Trinajstić information content (AvgIpc) is 2.92. The van der Waals surface area contributed by atoms with Gasteiger partial charge in [-0.05, 0) is 35.5 Å². The number of aromatic nitrogens is 4. The van der Waals surface area contributed by atoms with Gasteiger partial charge in [-0.15, -0.1) is 5.10 Å². The second kappa shape index (κ2) is 6.07. The molecule has 9 heteroatoms. The molecule has 0 radical (unpaired) electrons. The fourth-order valence-electron chi connectivity index (χ4n) is 1.69. The Morgan fingerprint density at radius 2 is 2.25 bits per heavy atom. The van der Waals surface area contributed by atoms with E-state index in [1.54, 1.807) is 19.1 Å². The van der Waals surface area contributed by atoms with Gasteiger partial charge in [-0.2, -0.15) is 0 Å². The topological polar surface area (TPSA) is 99.0 Å². The van der Waals surface area contributed by atoms with Crippen LogP contribution in [0.1, 0.15) is 6.92 Å². The van der Waals surface area contributed by atoms with Crippen molar-refractivity contribution < 1.29 is 13.2 Å². The molecule has 20 heavy (non-hydrogen) atoms. The molecule has 0 saturated heterocycles. The number of tetrazole rings is 1. The zero-order valence-corrected chi connectivity index (χ0v) is 11.9. The third kappa shape index (κ3) is 3.38. The van der Waals surface area contributed by atoms with Crippen molar-refractivity contribution in [2.24, 2.45) is 0 Å². The Bertz CT molecular complexity index is 656. The van der Waals surface area contributed by atoms with Gasteiger partial charge in [-0.25, -0.2) is 17.8 Å². The lowest BCUT2D eigenvalue weighted by atomic mass is 10.3. The van der Waals surface area contributed by atoms with E-state index in [4.69, 9.17) is 4.74 Å². The molecular formula is C11H15N5O3S. The zero-order valence-electron chi connectivity index (χ0n) is 11.1. The van der Waals surface area contributed by atoms with Crippen molar-refractivity contribution >= 4 is 10.0 Å². The first kappa shape index (κ1) is 14.6. The third-order valence-corrected chi connectivity index (χ3v) is 4.10. The summed E-state index contributed by atoms with van der Waals surface area (Å²) in [5.74, 6) is 0. The third-order valence-electron chi connectivity index (χ3n) is 2.51. The first-order valence-electron chi connectivity index (χ1n) is 5.87. The van der Waals surface area contributed by atoms with Crippen LogP contribution in [0.4, 0.5) is 0 Å². The number of hydrogen-bond acceptors (Lipinski definition) is 6. The van der Waals surface area contributed by atoms with Gasteiger partial charge in [0, 0.05) is 13.2 Å². The molecule has 0 aliphatic rings. The van der Waals surface area contributed by atoms with Crippen LogP contribution in [0.25, 0.3) is 5.69 Å². The van der Waals surface area contributed by atoms with Crippen LogP contribution in [0.3, 0.4) is 0 Å². The molecule has 8 nitrogen and oxygen atoms in total. The van der Waals surface area contributed by atoms with Crippen LogP contribution in [0.15, 0.2) is 35.5 Å². The molecule has 1 aromatic heterocycles. The van der Waals surface area contributed by atoms with Crippen molar-refractivity contribution in [2.45, 2.75) is 17.9 Å². The molecule has 0 aliphatic heterocycles. The Morgan fingerprint density at radius 3 is 2.90 bits per heavy atom. The lowest BCUT2D eigenvalue weighted by Gasteiger charge is -2.13. The molecule has 0 saturated carbocycles. The normalized spacial score (nSPS) is 13.3. The SMILES string of the molecule is COC[C@@H](C)NS(=O)(=O)c1cccc(-n2cnnn2)c1. The molecular weight excluding hydrogens is 282 g/mol. The summed E-state index contributed by atoms with van der Waals surface area (Å²) in [5.41, 5.74) is 0.567. The van der Waals surface area contributed by atoms with Crippen LogP contribution in [-0.4, -0.2) is 48.4 Å². The highest BCUT2D eigenvalue weighted by Gasteiger charge is 2.18. The van der Waals surface area contributed by atoms with Gasteiger partial charge in [-0.3, -0.25) is 0 Å². The molecule has 0 bridgehead atoms. The molecule has 0 amide bonds. The molecule has 0 aliphatic carbocycles. The number of nitrogens with one attached hydrogen (secondary N) is 1. The van der Waals surface area contributed by atoms with Gasteiger partial charge < -0.3 is 4.74 Å². The number of sulfonamides is 1. The van der Waals surface area contributed by atoms with Gasteiger partial charge in [0.25, 0.3) is 0 Å². The first-order valence-corrected chi connectivity index (χ1v) is 7.36. The highest BCUT2D eigenvalue weighted by Crippen LogP contribution is 2.14. The summed E-state index contributed by atoms with van der Waals surface area (Å²) < 4.78 is 33.3. The second-order valence-corrected chi connectivity index (χ2v) is 5.94.